The SMILES string of the molecule is COc1ccc(CC(O)CNC(C)C)cc1C. The van der Waals surface area contributed by atoms with Crippen molar-refractivity contribution in [3.63, 3.8) is 0 Å². The van der Waals surface area contributed by atoms with E-state index in [9.17, 15) is 5.11 Å². The summed E-state index contributed by atoms with van der Waals surface area (Å²) in [7, 11) is 1.67. The highest BCUT2D eigenvalue weighted by atomic mass is 16.5. The Hall–Kier alpha value is -1.06. The fourth-order valence-electron chi connectivity index (χ4n) is 1.78. The first-order chi connectivity index (χ1) is 8.02. The molecule has 0 fully saturated rings. The Bertz CT molecular complexity index is 350. The minimum Gasteiger partial charge on any atom is -0.496 e. The first kappa shape index (κ1) is 14.0. The molecule has 0 amide bonds. The van der Waals surface area contributed by atoms with E-state index in [0.29, 0.717) is 19.0 Å². The van der Waals surface area contributed by atoms with Crippen LogP contribution in [0.15, 0.2) is 18.2 Å². The van der Waals surface area contributed by atoms with Gasteiger partial charge in [0.1, 0.15) is 5.75 Å². The number of ether oxygens (including phenoxy) is 1. The first-order valence-electron chi connectivity index (χ1n) is 6.08. The maximum absolute atomic E-state index is 9.88. The molecule has 0 spiro atoms. The fraction of sp³-hybridized carbons (Fsp3) is 0.571. The molecule has 0 heterocycles. The Morgan fingerprint density at radius 2 is 2.06 bits per heavy atom. The predicted octanol–water partition coefficient (Wildman–Crippen LogP) is 1.91. The number of methoxy groups -OCH3 is 1. The molecular weight excluding hydrogens is 214 g/mol. The van der Waals surface area contributed by atoms with Crippen LogP contribution < -0.4 is 10.1 Å². The maximum atomic E-state index is 9.88. The van der Waals surface area contributed by atoms with E-state index in [1.165, 1.54) is 0 Å². The molecule has 0 saturated carbocycles. The number of aliphatic hydroxyl groups is 1. The van der Waals surface area contributed by atoms with Gasteiger partial charge in [-0.1, -0.05) is 26.0 Å². The van der Waals surface area contributed by atoms with Crippen LogP contribution in [0.2, 0.25) is 0 Å². The summed E-state index contributed by atoms with van der Waals surface area (Å²) in [5, 5.41) is 13.1. The van der Waals surface area contributed by atoms with E-state index in [1.807, 2.05) is 19.1 Å². The van der Waals surface area contributed by atoms with Gasteiger partial charge in [0.05, 0.1) is 13.2 Å². The smallest absolute Gasteiger partial charge is 0.121 e. The molecule has 1 rings (SSSR count). The van der Waals surface area contributed by atoms with Crippen LogP contribution in [0.25, 0.3) is 0 Å². The van der Waals surface area contributed by atoms with Crippen LogP contribution in [-0.4, -0.2) is 30.9 Å². The van der Waals surface area contributed by atoms with Gasteiger partial charge >= 0.3 is 0 Å². The minimum absolute atomic E-state index is 0.342. The third kappa shape index (κ3) is 4.75. The standard InChI is InChI=1S/C14H23NO2/c1-10(2)15-9-13(16)8-12-5-6-14(17-4)11(3)7-12/h5-7,10,13,15-16H,8-9H2,1-4H3. The molecule has 1 atom stereocenters. The molecule has 1 aromatic rings. The number of hydrogen-bond donors (Lipinski definition) is 2. The summed E-state index contributed by atoms with van der Waals surface area (Å²) in [6.07, 6.45) is 0.329. The molecule has 96 valence electrons. The van der Waals surface area contributed by atoms with Gasteiger partial charge in [-0.15, -0.1) is 0 Å². The van der Waals surface area contributed by atoms with Crippen LogP contribution in [0.4, 0.5) is 0 Å². The van der Waals surface area contributed by atoms with Crippen molar-refractivity contribution in [2.24, 2.45) is 0 Å². The van der Waals surface area contributed by atoms with Crippen molar-refractivity contribution in [1.82, 2.24) is 5.32 Å². The lowest BCUT2D eigenvalue weighted by atomic mass is 10.0. The van der Waals surface area contributed by atoms with Gasteiger partial charge in [-0.2, -0.15) is 0 Å². The largest absolute Gasteiger partial charge is 0.496 e. The van der Waals surface area contributed by atoms with Gasteiger partial charge in [0.25, 0.3) is 0 Å². The molecule has 3 nitrogen and oxygen atoms in total. The van der Waals surface area contributed by atoms with Crippen molar-refractivity contribution < 1.29 is 9.84 Å². The molecule has 3 heteroatoms. The monoisotopic (exact) mass is 237 g/mol. The second-order valence-corrected chi connectivity index (χ2v) is 4.72. The average Bonchev–Trinajstić information content (AvgIpc) is 2.26. The lowest BCUT2D eigenvalue weighted by molar-refractivity contribution is 0.169. The van der Waals surface area contributed by atoms with E-state index >= 15 is 0 Å². The molecule has 17 heavy (non-hydrogen) atoms. The zero-order valence-electron chi connectivity index (χ0n) is 11.2. The van der Waals surface area contributed by atoms with E-state index < -0.39 is 0 Å². The second-order valence-electron chi connectivity index (χ2n) is 4.72. The number of hydrogen-bond acceptors (Lipinski definition) is 3. The van der Waals surface area contributed by atoms with Gasteiger partial charge in [0.15, 0.2) is 0 Å². The Balaban J connectivity index is 2.53. The molecule has 0 aliphatic carbocycles. The first-order valence-corrected chi connectivity index (χ1v) is 6.08. The van der Waals surface area contributed by atoms with Gasteiger partial charge < -0.3 is 15.2 Å². The number of rotatable bonds is 6. The average molecular weight is 237 g/mol. The van der Waals surface area contributed by atoms with Crippen LogP contribution in [0.3, 0.4) is 0 Å². The van der Waals surface area contributed by atoms with Gasteiger partial charge in [-0.3, -0.25) is 0 Å². The van der Waals surface area contributed by atoms with E-state index in [4.69, 9.17) is 4.74 Å². The summed E-state index contributed by atoms with van der Waals surface area (Å²) in [6, 6.07) is 6.43. The van der Waals surface area contributed by atoms with E-state index in [1.54, 1.807) is 7.11 Å². The summed E-state index contributed by atoms with van der Waals surface area (Å²) >= 11 is 0. The van der Waals surface area contributed by atoms with Crippen molar-refractivity contribution in [2.75, 3.05) is 13.7 Å². The van der Waals surface area contributed by atoms with Gasteiger partial charge in [0.2, 0.25) is 0 Å². The molecule has 0 aromatic heterocycles. The minimum atomic E-state index is -0.342. The zero-order valence-corrected chi connectivity index (χ0v) is 11.2. The number of aliphatic hydroxyl groups excluding tert-OH is 1. The lowest BCUT2D eigenvalue weighted by Gasteiger charge is -2.15. The number of aryl methyl sites for hydroxylation is 1. The Morgan fingerprint density at radius 3 is 2.59 bits per heavy atom. The molecule has 2 N–H and O–H groups in total. The summed E-state index contributed by atoms with van der Waals surface area (Å²) in [6.45, 7) is 6.79. The molecule has 0 bridgehead atoms. The van der Waals surface area contributed by atoms with Crippen molar-refractivity contribution >= 4 is 0 Å². The highest BCUT2D eigenvalue weighted by Crippen LogP contribution is 2.19. The number of nitrogens with one attached hydrogen (secondary N) is 1. The van der Waals surface area contributed by atoms with E-state index in [-0.39, 0.29) is 6.10 Å². The van der Waals surface area contributed by atoms with Crippen LogP contribution >= 0.6 is 0 Å². The highest BCUT2D eigenvalue weighted by Gasteiger charge is 2.07. The van der Waals surface area contributed by atoms with E-state index in [0.717, 1.165) is 16.9 Å². The molecule has 0 aliphatic rings. The van der Waals surface area contributed by atoms with Crippen molar-refractivity contribution in [3.8, 4) is 5.75 Å². The van der Waals surface area contributed by atoms with Crippen LogP contribution in [0.5, 0.6) is 5.75 Å². The topological polar surface area (TPSA) is 41.5 Å². The predicted molar refractivity (Wildman–Crippen MR) is 70.6 cm³/mol. The van der Waals surface area contributed by atoms with Crippen molar-refractivity contribution in [1.29, 1.82) is 0 Å². The van der Waals surface area contributed by atoms with Gasteiger partial charge in [-0.25, -0.2) is 0 Å². The van der Waals surface area contributed by atoms with Crippen molar-refractivity contribution in [3.05, 3.63) is 29.3 Å². The quantitative estimate of drug-likeness (QED) is 0.794. The Kier molecular flexibility index (Phi) is 5.45. The van der Waals surface area contributed by atoms with Crippen LogP contribution in [0, 0.1) is 6.92 Å². The van der Waals surface area contributed by atoms with Crippen LogP contribution in [0.1, 0.15) is 25.0 Å². The van der Waals surface area contributed by atoms with Crippen molar-refractivity contribution in [2.45, 2.75) is 39.3 Å². The summed E-state index contributed by atoms with van der Waals surface area (Å²) in [5.74, 6) is 0.892. The second kappa shape index (κ2) is 6.62. The Labute approximate surface area is 104 Å². The molecule has 0 saturated heterocycles. The van der Waals surface area contributed by atoms with Gasteiger partial charge in [0, 0.05) is 12.6 Å². The summed E-state index contributed by atoms with van der Waals surface area (Å²) in [4.78, 5) is 0. The molecule has 1 aromatic carbocycles. The highest BCUT2D eigenvalue weighted by molar-refractivity contribution is 5.36. The zero-order chi connectivity index (χ0) is 12.8. The molecule has 0 radical (unpaired) electrons. The summed E-state index contributed by atoms with van der Waals surface area (Å²) < 4.78 is 5.21. The normalized spacial score (nSPS) is 12.8. The van der Waals surface area contributed by atoms with Crippen LogP contribution in [-0.2, 0) is 6.42 Å². The lowest BCUT2D eigenvalue weighted by Crippen LogP contribution is -2.33. The maximum Gasteiger partial charge on any atom is 0.121 e. The van der Waals surface area contributed by atoms with E-state index in [2.05, 4.69) is 25.2 Å². The molecule has 0 aliphatic heterocycles. The third-order valence-corrected chi connectivity index (χ3v) is 2.69. The Morgan fingerprint density at radius 1 is 1.35 bits per heavy atom. The number of benzene rings is 1. The van der Waals surface area contributed by atoms with Gasteiger partial charge in [-0.05, 0) is 30.5 Å². The summed E-state index contributed by atoms with van der Waals surface area (Å²) in [5.41, 5.74) is 2.25. The fourth-order valence-corrected chi connectivity index (χ4v) is 1.78. The third-order valence-electron chi connectivity index (χ3n) is 2.69. The molecular formula is C14H23NO2. The molecule has 1 unspecified atom stereocenters.